The Balaban J connectivity index is 1.44. The van der Waals surface area contributed by atoms with E-state index >= 15 is 0 Å². The number of aryl methyl sites for hydroxylation is 2. The molecule has 0 aromatic heterocycles. The molecule has 0 saturated carbocycles. The molecular formula is C25H30N4O3. The zero-order chi connectivity index (χ0) is 22.9. The Kier molecular flexibility index (Phi) is 5.91. The van der Waals surface area contributed by atoms with Gasteiger partial charge in [-0.25, -0.2) is 0 Å². The maximum absolute atomic E-state index is 12.9. The number of amides is 3. The molecule has 7 nitrogen and oxygen atoms in total. The third kappa shape index (κ3) is 4.33. The highest BCUT2D eigenvalue weighted by Gasteiger charge is 2.41. The van der Waals surface area contributed by atoms with Crippen LogP contribution in [-0.2, 0) is 16.1 Å². The van der Waals surface area contributed by atoms with Crippen LogP contribution in [0.2, 0.25) is 0 Å². The minimum Gasteiger partial charge on any atom is -0.362 e. The van der Waals surface area contributed by atoms with Crippen LogP contribution < -0.4 is 16.0 Å². The van der Waals surface area contributed by atoms with Gasteiger partial charge in [0.15, 0.2) is 0 Å². The van der Waals surface area contributed by atoms with Crippen molar-refractivity contribution >= 4 is 23.4 Å². The van der Waals surface area contributed by atoms with Crippen LogP contribution in [-0.4, -0.2) is 40.9 Å². The Morgan fingerprint density at radius 1 is 1.12 bits per heavy atom. The monoisotopic (exact) mass is 434 g/mol. The minimum atomic E-state index is -0.695. The lowest BCUT2D eigenvalue weighted by molar-refractivity contribution is -0.139. The number of rotatable bonds is 4. The summed E-state index contributed by atoms with van der Waals surface area (Å²) in [5, 5.41) is 9.51. The molecular weight excluding hydrogens is 404 g/mol. The maximum Gasteiger partial charge on any atom is 0.255 e. The van der Waals surface area contributed by atoms with Crippen molar-refractivity contribution in [3.05, 3.63) is 64.7 Å². The van der Waals surface area contributed by atoms with E-state index in [2.05, 4.69) is 16.0 Å². The SMILES string of the molecule is Cc1ccc2c(c1)N[C@@]1(CCC(=O)N([C@H](C)C(=O)NCc3ccccc3C)CC1)NC2=O. The van der Waals surface area contributed by atoms with E-state index in [9.17, 15) is 14.4 Å². The average Bonchev–Trinajstić information content (AvgIpc) is 2.91. The number of hydrogen-bond donors (Lipinski definition) is 3. The van der Waals surface area contributed by atoms with Gasteiger partial charge < -0.3 is 20.9 Å². The third-order valence-corrected chi connectivity index (χ3v) is 6.57. The average molecular weight is 435 g/mol. The van der Waals surface area contributed by atoms with E-state index < -0.39 is 11.7 Å². The van der Waals surface area contributed by atoms with Gasteiger partial charge in [-0.15, -0.1) is 0 Å². The second-order valence-electron chi connectivity index (χ2n) is 8.87. The fourth-order valence-electron chi connectivity index (χ4n) is 4.50. The molecule has 32 heavy (non-hydrogen) atoms. The summed E-state index contributed by atoms with van der Waals surface area (Å²) < 4.78 is 0. The number of nitrogens with zero attached hydrogens (tertiary/aromatic N) is 1. The van der Waals surface area contributed by atoms with Gasteiger partial charge in [-0.05, 0) is 56.0 Å². The molecule has 0 bridgehead atoms. The van der Waals surface area contributed by atoms with Crippen LogP contribution in [0.15, 0.2) is 42.5 Å². The Hall–Kier alpha value is -3.35. The molecule has 2 heterocycles. The van der Waals surface area contributed by atoms with Gasteiger partial charge in [0.25, 0.3) is 5.91 Å². The Morgan fingerprint density at radius 3 is 2.69 bits per heavy atom. The predicted molar refractivity (Wildman–Crippen MR) is 123 cm³/mol. The van der Waals surface area contributed by atoms with Gasteiger partial charge in [0.1, 0.15) is 11.7 Å². The van der Waals surface area contributed by atoms with Gasteiger partial charge in [0.05, 0.1) is 5.56 Å². The summed E-state index contributed by atoms with van der Waals surface area (Å²) in [4.78, 5) is 40.1. The summed E-state index contributed by atoms with van der Waals surface area (Å²) in [6, 6.07) is 13.0. The van der Waals surface area contributed by atoms with Crippen molar-refractivity contribution in [1.82, 2.24) is 15.5 Å². The first-order chi connectivity index (χ1) is 15.3. The molecule has 4 rings (SSSR count). The number of carbonyl (C=O) groups is 3. The van der Waals surface area contributed by atoms with Crippen molar-refractivity contribution in [2.45, 2.75) is 58.3 Å². The van der Waals surface area contributed by atoms with E-state index in [1.165, 1.54) is 0 Å². The summed E-state index contributed by atoms with van der Waals surface area (Å²) in [7, 11) is 0. The fraction of sp³-hybridized carbons (Fsp3) is 0.400. The molecule has 2 aromatic carbocycles. The van der Waals surface area contributed by atoms with Crippen LogP contribution in [0.25, 0.3) is 0 Å². The first-order valence-corrected chi connectivity index (χ1v) is 11.1. The molecule has 2 aliphatic rings. The van der Waals surface area contributed by atoms with Crippen molar-refractivity contribution < 1.29 is 14.4 Å². The summed E-state index contributed by atoms with van der Waals surface area (Å²) in [5.74, 6) is -0.394. The number of benzene rings is 2. The number of likely N-dealkylation sites (tertiary alicyclic amines) is 1. The van der Waals surface area contributed by atoms with Gasteiger partial charge in [-0.1, -0.05) is 30.3 Å². The third-order valence-electron chi connectivity index (χ3n) is 6.57. The lowest BCUT2D eigenvalue weighted by atomic mass is 9.94. The highest BCUT2D eigenvalue weighted by molar-refractivity contribution is 6.02. The largest absolute Gasteiger partial charge is 0.362 e. The zero-order valence-electron chi connectivity index (χ0n) is 18.8. The molecule has 0 radical (unpaired) electrons. The molecule has 2 aliphatic heterocycles. The molecule has 0 aliphatic carbocycles. The molecule has 7 heteroatoms. The van der Waals surface area contributed by atoms with Gasteiger partial charge >= 0.3 is 0 Å². The van der Waals surface area contributed by atoms with E-state index in [-0.39, 0.29) is 24.1 Å². The normalized spacial score (nSPS) is 21.3. The second-order valence-corrected chi connectivity index (χ2v) is 8.87. The lowest BCUT2D eigenvalue weighted by Crippen LogP contribution is -2.58. The van der Waals surface area contributed by atoms with Crippen LogP contribution in [0.5, 0.6) is 0 Å². The van der Waals surface area contributed by atoms with Crippen LogP contribution in [0.1, 0.15) is 53.2 Å². The number of nitrogens with one attached hydrogen (secondary N) is 3. The van der Waals surface area contributed by atoms with Crippen LogP contribution in [0.3, 0.4) is 0 Å². The molecule has 1 fully saturated rings. The maximum atomic E-state index is 12.9. The number of hydrogen-bond acceptors (Lipinski definition) is 4. The van der Waals surface area contributed by atoms with Crippen molar-refractivity contribution in [1.29, 1.82) is 0 Å². The standard InChI is InChI=1S/C25H30N4O3/c1-16-8-9-20-21(14-16)27-25(28-24(20)32)11-10-22(30)29(13-12-25)18(3)23(31)26-15-19-7-5-4-6-17(19)2/h4-9,14,18,27H,10-13,15H2,1-3H3,(H,26,31)(H,28,32)/t18-,25+/m1/s1. The van der Waals surface area contributed by atoms with Gasteiger partial charge in [-0.3, -0.25) is 14.4 Å². The highest BCUT2D eigenvalue weighted by atomic mass is 16.2. The molecule has 1 spiro atoms. The van der Waals surface area contributed by atoms with E-state index in [4.69, 9.17) is 0 Å². The van der Waals surface area contributed by atoms with E-state index in [1.807, 2.05) is 56.3 Å². The number of fused-ring (bicyclic) bond motifs is 1. The van der Waals surface area contributed by atoms with Gasteiger partial charge in [-0.2, -0.15) is 0 Å². The lowest BCUT2D eigenvalue weighted by Gasteiger charge is -2.40. The van der Waals surface area contributed by atoms with E-state index in [0.717, 1.165) is 22.4 Å². The van der Waals surface area contributed by atoms with Crippen LogP contribution >= 0.6 is 0 Å². The van der Waals surface area contributed by atoms with Gasteiger partial charge in [0.2, 0.25) is 11.8 Å². The summed E-state index contributed by atoms with van der Waals surface area (Å²) in [5.41, 5.74) is 3.93. The molecule has 1 saturated heterocycles. The van der Waals surface area contributed by atoms with Crippen LogP contribution in [0.4, 0.5) is 5.69 Å². The van der Waals surface area contributed by atoms with Crippen molar-refractivity contribution in [3.8, 4) is 0 Å². The Morgan fingerprint density at radius 2 is 1.91 bits per heavy atom. The number of carbonyl (C=O) groups excluding carboxylic acids is 3. The Bertz CT molecular complexity index is 1070. The van der Waals surface area contributed by atoms with Crippen molar-refractivity contribution in [2.75, 3.05) is 11.9 Å². The molecule has 3 N–H and O–H groups in total. The van der Waals surface area contributed by atoms with E-state index in [1.54, 1.807) is 11.8 Å². The highest BCUT2D eigenvalue weighted by Crippen LogP contribution is 2.32. The first kappa shape index (κ1) is 21.9. The second kappa shape index (κ2) is 8.65. The summed E-state index contributed by atoms with van der Waals surface area (Å²) in [6.07, 6.45) is 1.25. The van der Waals surface area contributed by atoms with E-state index in [0.29, 0.717) is 31.5 Å². The molecule has 0 unspecified atom stereocenters. The number of anilines is 1. The molecule has 2 atom stereocenters. The zero-order valence-corrected chi connectivity index (χ0v) is 18.8. The van der Waals surface area contributed by atoms with Gasteiger partial charge in [0, 0.05) is 31.6 Å². The summed E-state index contributed by atoms with van der Waals surface area (Å²) in [6.45, 7) is 6.56. The molecule has 168 valence electrons. The summed E-state index contributed by atoms with van der Waals surface area (Å²) >= 11 is 0. The Labute approximate surface area is 188 Å². The minimum absolute atomic E-state index is 0.0773. The molecule has 2 aromatic rings. The smallest absolute Gasteiger partial charge is 0.255 e. The topological polar surface area (TPSA) is 90.5 Å². The van der Waals surface area contributed by atoms with Crippen molar-refractivity contribution in [3.63, 3.8) is 0 Å². The van der Waals surface area contributed by atoms with Crippen LogP contribution in [0, 0.1) is 13.8 Å². The molecule has 3 amide bonds. The fourth-order valence-corrected chi connectivity index (χ4v) is 4.50. The predicted octanol–water partition coefficient (Wildman–Crippen LogP) is 2.87. The van der Waals surface area contributed by atoms with Crippen molar-refractivity contribution in [2.24, 2.45) is 0 Å². The first-order valence-electron chi connectivity index (χ1n) is 11.1. The quantitative estimate of drug-likeness (QED) is 0.690.